The molecule has 19 heavy (non-hydrogen) atoms. The molecule has 0 aliphatic carbocycles. The number of piperidine rings is 1. The van der Waals surface area contributed by atoms with Gasteiger partial charge in [-0.15, -0.1) is 0 Å². The van der Waals surface area contributed by atoms with Crippen LogP contribution in [0.5, 0.6) is 0 Å². The lowest BCUT2D eigenvalue weighted by Crippen LogP contribution is -2.40. The van der Waals surface area contributed by atoms with Gasteiger partial charge in [0, 0.05) is 12.5 Å². The molecule has 2 aromatic rings. The minimum absolute atomic E-state index is 0.591. The van der Waals surface area contributed by atoms with Crippen LogP contribution < -0.4 is 5.73 Å². The van der Waals surface area contributed by atoms with Gasteiger partial charge < -0.3 is 10.6 Å². The molecule has 3 rings (SSSR count). The molecule has 3 heterocycles. The number of hydrogen-bond acceptors (Lipinski definition) is 4. The number of nitrogens with two attached hydrogens (primary N) is 1. The van der Waals surface area contributed by atoms with Crippen LogP contribution in [0.4, 0.5) is 5.69 Å². The van der Waals surface area contributed by atoms with E-state index in [4.69, 9.17) is 5.73 Å². The Bertz CT molecular complexity index is 562. The van der Waals surface area contributed by atoms with Crippen LogP contribution in [0.15, 0.2) is 18.3 Å². The van der Waals surface area contributed by atoms with E-state index in [1.807, 2.05) is 18.3 Å². The molecule has 2 N–H and O–H groups in total. The molecule has 102 valence electrons. The first-order chi connectivity index (χ1) is 9.26. The fourth-order valence-electron chi connectivity index (χ4n) is 2.95. The highest BCUT2D eigenvalue weighted by atomic mass is 15.3. The van der Waals surface area contributed by atoms with Crippen molar-refractivity contribution in [2.75, 3.05) is 18.8 Å². The van der Waals surface area contributed by atoms with E-state index >= 15 is 0 Å². The number of anilines is 1. The summed E-state index contributed by atoms with van der Waals surface area (Å²) in [5, 5.41) is 4.54. The van der Waals surface area contributed by atoms with Gasteiger partial charge in [-0.05, 0) is 38.1 Å². The van der Waals surface area contributed by atoms with Crippen molar-refractivity contribution in [3.05, 3.63) is 24.2 Å². The van der Waals surface area contributed by atoms with Crippen LogP contribution >= 0.6 is 0 Å². The Labute approximate surface area is 113 Å². The maximum Gasteiger partial charge on any atom is 0.155 e. The number of nitrogen functional groups attached to an aromatic ring is 1. The summed E-state index contributed by atoms with van der Waals surface area (Å²) in [6.07, 6.45) is 6.66. The van der Waals surface area contributed by atoms with Crippen molar-refractivity contribution in [1.29, 1.82) is 0 Å². The smallest absolute Gasteiger partial charge is 0.155 e. The topological polar surface area (TPSA) is 59.5 Å². The molecule has 5 heteroatoms. The molecule has 0 aromatic carbocycles. The van der Waals surface area contributed by atoms with Gasteiger partial charge >= 0.3 is 0 Å². The van der Waals surface area contributed by atoms with Gasteiger partial charge in [0.1, 0.15) is 0 Å². The summed E-state index contributed by atoms with van der Waals surface area (Å²) in [5.41, 5.74) is 7.36. The SMILES string of the molecule is CCN1CCCCC1Cc1nc2ccc(N)cn2n1. The average molecular weight is 259 g/mol. The molecule has 1 aliphatic heterocycles. The van der Waals surface area contributed by atoms with Gasteiger partial charge in [0.25, 0.3) is 0 Å². The number of rotatable bonds is 3. The van der Waals surface area contributed by atoms with Crippen molar-refractivity contribution in [2.45, 2.75) is 38.6 Å². The van der Waals surface area contributed by atoms with Crippen LogP contribution in [0.3, 0.4) is 0 Å². The molecular weight excluding hydrogens is 238 g/mol. The van der Waals surface area contributed by atoms with E-state index in [1.165, 1.54) is 25.8 Å². The van der Waals surface area contributed by atoms with Crippen molar-refractivity contribution in [1.82, 2.24) is 19.5 Å². The number of likely N-dealkylation sites (N-methyl/N-ethyl adjacent to an activating group) is 1. The maximum absolute atomic E-state index is 5.76. The maximum atomic E-state index is 5.76. The normalized spacial score (nSPS) is 21.0. The molecule has 5 nitrogen and oxygen atoms in total. The number of aromatic nitrogens is 3. The van der Waals surface area contributed by atoms with Crippen LogP contribution in [0.2, 0.25) is 0 Å². The molecule has 1 unspecified atom stereocenters. The van der Waals surface area contributed by atoms with Crippen molar-refractivity contribution in [3.63, 3.8) is 0 Å². The highest BCUT2D eigenvalue weighted by molar-refractivity contribution is 5.46. The Hall–Kier alpha value is -1.62. The molecular formula is C14H21N5. The summed E-state index contributed by atoms with van der Waals surface area (Å²) < 4.78 is 1.78. The van der Waals surface area contributed by atoms with E-state index < -0.39 is 0 Å². The Morgan fingerprint density at radius 2 is 2.26 bits per heavy atom. The standard InChI is InChI=1S/C14H21N5/c1-2-18-8-4-3-5-12(18)9-13-16-14-7-6-11(15)10-19(14)17-13/h6-7,10,12H,2-5,8-9,15H2,1H3. The zero-order valence-corrected chi connectivity index (χ0v) is 11.4. The van der Waals surface area contributed by atoms with E-state index in [0.717, 1.165) is 30.1 Å². The second-order valence-corrected chi connectivity index (χ2v) is 5.28. The molecule has 0 bridgehead atoms. The van der Waals surface area contributed by atoms with E-state index in [0.29, 0.717) is 6.04 Å². The number of pyridine rings is 1. The lowest BCUT2D eigenvalue weighted by Gasteiger charge is -2.34. The average Bonchev–Trinajstić information content (AvgIpc) is 2.80. The highest BCUT2D eigenvalue weighted by Crippen LogP contribution is 2.19. The number of hydrogen-bond donors (Lipinski definition) is 1. The third kappa shape index (κ3) is 2.56. The first-order valence-electron chi connectivity index (χ1n) is 7.11. The van der Waals surface area contributed by atoms with Crippen LogP contribution in [0, 0.1) is 0 Å². The molecule has 1 fully saturated rings. The summed E-state index contributed by atoms with van der Waals surface area (Å²) in [7, 11) is 0. The minimum Gasteiger partial charge on any atom is -0.397 e. The van der Waals surface area contributed by atoms with Gasteiger partial charge in [-0.1, -0.05) is 13.3 Å². The van der Waals surface area contributed by atoms with Crippen LogP contribution in [-0.2, 0) is 6.42 Å². The van der Waals surface area contributed by atoms with E-state index in [-0.39, 0.29) is 0 Å². The quantitative estimate of drug-likeness (QED) is 0.912. The Morgan fingerprint density at radius 3 is 3.11 bits per heavy atom. The first kappa shape index (κ1) is 12.4. The van der Waals surface area contributed by atoms with Crippen LogP contribution in [-0.4, -0.2) is 38.6 Å². The monoisotopic (exact) mass is 259 g/mol. The highest BCUT2D eigenvalue weighted by Gasteiger charge is 2.22. The summed E-state index contributed by atoms with van der Waals surface area (Å²) in [6.45, 7) is 4.56. The molecule has 0 saturated carbocycles. The van der Waals surface area contributed by atoms with E-state index in [1.54, 1.807) is 4.52 Å². The van der Waals surface area contributed by atoms with Crippen molar-refractivity contribution in [3.8, 4) is 0 Å². The lowest BCUT2D eigenvalue weighted by atomic mass is 9.99. The molecule has 2 aromatic heterocycles. The van der Waals surface area contributed by atoms with Gasteiger partial charge in [0.2, 0.25) is 0 Å². The van der Waals surface area contributed by atoms with Gasteiger partial charge in [-0.25, -0.2) is 9.50 Å². The number of likely N-dealkylation sites (tertiary alicyclic amines) is 1. The minimum atomic E-state index is 0.591. The zero-order chi connectivity index (χ0) is 13.2. The summed E-state index contributed by atoms with van der Waals surface area (Å²) in [4.78, 5) is 7.13. The lowest BCUT2D eigenvalue weighted by molar-refractivity contribution is 0.154. The first-order valence-corrected chi connectivity index (χ1v) is 7.11. The number of nitrogens with zero attached hydrogens (tertiary/aromatic N) is 4. The summed E-state index contributed by atoms with van der Waals surface area (Å²) >= 11 is 0. The molecule has 1 atom stereocenters. The summed E-state index contributed by atoms with van der Waals surface area (Å²) in [6, 6.07) is 4.38. The Balaban J connectivity index is 1.80. The van der Waals surface area contributed by atoms with Crippen molar-refractivity contribution < 1.29 is 0 Å². The predicted octanol–water partition coefficient (Wildman–Crippen LogP) is 1.73. The van der Waals surface area contributed by atoms with Gasteiger partial charge in [-0.3, -0.25) is 0 Å². The molecule has 1 aliphatic rings. The van der Waals surface area contributed by atoms with Gasteiger partial charge in [0.15, 0.2) is 11.5 Å². The number of fused-ring (bicyclic) bond motifs is 1. The fourth-order valence-corrected chi connectivity index (χ4v) is 2.95. The molecule has 0 radical (unpaired) electrons. The van der Waals surface area contributed by atoms with E-state index in [9.17, 15) is 0 Å². The molecule has 0 amide bonds. The van der Waals surface area contributed by atoms with Gasteiger partial charge in [0.05, 0.1) is 11.9 Å². The van der Waals surface area contributed by atoms with Crippen LogP contribution in [0.1, 0.15) is 32.0 Å². The fraction of sp³-hybridized carbons (Fsp3) is 0.571. The molecule has 0 spiro atoms. The van der Waals surface area contributed by atoms with E-state index in [2.05, 4.69) is 21.9 Å². The third-order valence-corrected chi connectivity index (χ3v) is 3.97. The Morgan fingerprint density at radius 1 is 1.37 bits per heavy atom. The van der Waals surface area contributed by atoms with Crippen molar-refractivity contribution in [2.24, 2.45) is 0 Å². The largest absolute Gasteiger partial charge is 0.397 e. The van der Waals surface area contributed by atoms with Crippen LogP contribution in [0.25, 0.3) is 5.65 Å². The Kier molecular flexibility index (Phi) is 3.38. The van der Waals surface area contributed by atoms with Crippen molar-refractivity contribution >= 4 is 11.3 Å². The second-order valence-electron chi connectivity index (χ2n) is 5.28. The summed E-state index contributed by atoms with van der Waals surface area (Å²) in [5.74, 6) is 0.927. The zero-order valence-electron chi connectivity index (χ0n) is 11.4. The second kappa shape index (κ2) is 5.17. The third-order valence-electron chi connectivity index (χ3n) is 3.97. The van der Waals surface area contributed by atoms with Gasteiger partial charge in [-0.2, -0.15) is 5.10 Å². The predicted molar refractivity (Wildman–Crippen MR) is 76.0 cm³/mol. The molecule has 1 saturated heterocycles.